The predicted octanol–water partition coefficient (Wildman–Crippen LogP) is 4.22. The minimum atomic E-state index is -0.319. The van der Waals surface area contributed by atoms with E-state index >= 15 is 0 Å². The number of hydrogen-bond donors (Lipinski definition) is 0. The molecule has 3 rings (SSSR count). The third-order valence-electron chi connectivity index (χ3n) is 5.48. The zero-order valence-electron chi connectivity index (χ0n) is 17.9. The largest absolute Gasteiger partial charge is 0.382 e. The first-order chi connectivity index (χ1) is 14.4. The van der Waals surface area contributed by atoms with Crippen molar-refractivity contribution in [1.29, 1.82) is 0 Å². The molecule has 2 heterocycles. The molecular formula is C22H30ClN3O3S. The molecule has 1 unspecified atom stereocenters. The van der Waals surface area contributed by atoms with Gasteiger partial charge in [0, 0.05) is 37.9 Å². The molecule has 1 aliphatic heterocycles. The van der Waals surface area contributed by atoms with E-state index in [9.17, 15) is 9.59 Å². The van der Waals surface area contributed by atoms with Crippen molar-refractivity contribution < 1.29 is 9.53 Å². The molecule has 164 valence electrons. The number of thioether (sulfide) groups is 1. The van der Waals surface area contributed by atoms with E-state index in [1.54, 1.807) is 22.8 Å². The summed E-state index contributed by atoms with van der Waals surface area (Å²) in [4.78, 5) is 32.8. The third kappa shape index (κ3) is 5.56. The van der Waals surface area contributed by atoms with Gasteiger partial charge in [-0.2, -0.15) is 0 Å². The van der Waals surface area contributed by atoms with Gasteiger partial charge in [-0.1, -0.05) is 30.3 Å². The number of carbonyl (C=O) groups excluding carboxylic acids is 1. The SMILES string of the molecule is CCOCCCn1c(SC(C)C(=O)N2CCC(C)CC2)nc2cc(Cl)ccc2c1=O. The summed E-state index contributed by atoms with van der Waals surface area (Å²) in [6.07, 6.45) is 2.78. The van der Waals surface area contributed by atoms with E-state index in [0.29, 0.717) is 53.2 Å². The Morgan fingerprint density at radius 1 is 1.37 bits per heavy atom. The highest BCUT2D eigenvalue weighted by atomic mass is 35.5. The molecule has 0 N–H and O–H groups in total. The molecule has 1 aromatic carbocycles. The first-order valence-corrected chi connectivity index (χ1v) is 11.9. The highest BCUT2D eigenvalue weighted by Crippen LogP contribution is 2.26. The number of hydrogen-bond acceptors (Lipinski definition) is 5. The van der Waals surface area contributed by atoms with Crippen LogP contribution in [0.5, 0.6) is 0 Å². The first-order valence-electron chi connectivity index (χ1n) is 10.6. The quantitative estimate of drug-likeness (QED) is 0.341. The average Bonchev–Trinajstić information content (AvgIpc) is 2.72. The normalized spacial score (nSPS) is 16.2. The number of fused-ring (bicyclic) bond motifs is 1. The summed E-state index contributed by atoms with van der Waals surface area (Å²) in [5.41, 5.74) is 0.449. The topological polar surface area (TPSA) is 64.4 Å². The van der Waals surface area contributed by atoms with Gasteiger partial charge in [-0.05, 0) is 57.2 Å². The number of aromatic nitrogens is 2. The number of piperidine rings is 1. The number of benzene rings is 1. The molecule has 1 saturated heterocycles. The number of halogens is 1. The molecule has 8 heteroatoms. The Morgan fingerprint density at radius 2 is 2.10 bits per heavy atom. The highest BCUT2D eigenvalue weighted by Gasteiger charge is 2.26. The van der Waals surface area contributed by atoms with Crippen LogP contribution < -0.4 is 5.56 Å². The lowest BCUT2D eigenvalue weighted by molar-refractivity contribution is -0.131. The number of rotatable bonds is 8. The van der Waals surface area contributed by atoms with E-state index in [1.807, 2.05) is 18.7 Å². The fraction of sp³-hybridized carbons (Fsp3) is 0.591. The van der Waals surface area contributed by atoms with Gasteiger partial charge in [0.05, 0.1) is 16.2 Å². The summed E-state index contributed by atoms with van der Waals surface area (Å²) >= 11 is 7.47. The van der Waals surface area contributed by atoms with E-state index in [0.717, 1.165) is 25.9 Å². The maximum absolute atomic E-state index is 13.1. The van der Waals surface area contributed by atoms with Crippen molar-refractivity contribution in [1.82, 2.24) is 14.5 Å². The maximum Gasteiger partial charge on any atom is 0.262 e. The van der Waals surface area contributed by atoms with Gasteiger partial charge in [0.25, 0.3) is 5.56 Å². The van der Waals surface area contributed by atoms with Crippen LogP contribution in [-0.2, 0) is 16.1 Å². The fourth-order valence-corrected chi connectivity index (χ4v) is 4.81. The molecule has 1 amide bonds. The Morgan fingerprint density at radius 3 is 2.80 bits per heavy atom. The molecule has 2 aromatic rings. The smallest absolute Gasteiger partial charge is 0.262 e. The molecule has 0 aliphatic carbocycles. The molecule has 30 heavy (non-hydrogen) atoms. The summed E-state index contributed by atoms with van der Waals surface area (Å²) < 4.78 is 7.09. The lowest BCUT2D eigenvalue weighted by Crippen LogP contribution is -2.42. The Labute approximate surface area is 186 Å². The van der Waals surface area contributed by atoms with Crippen molar-refractivity contribution in [3.05, 3.63) is 33.6 Å². The molecular weight excluding hydrogens is 422 g/mol. The van der Waals surface area contributed by atoms with Gasteiger partial charge >= 0.3 is 0 Å². The molecule has 1 aromatic heterocycles. The molecule has 0 saturated carbocycles. The Balaban J connectivity index is 1.86. The highest BCUT2D eigenvalue weighted by molar-refractivity contribution is 8.00. The second-order valence-electron chi connectivity index (χ2n) is 7.83. The average molecular weight is 452 g/mol. The van der Waals surface area contributed by atoms with Gasteiger partial charge in [-0.15, -0.1) is 0 Å². The molecule has 1 fully saturated rings. The monoisotopic (exact) mass is 451 g/mol. The Hall–Kier alpha value is -1.57. The van der Waals surface area contributed by atoms with Crippen LogP contribution in [0.4, 0.5) is 0 Å². The number of ether oxygens (including phenoxy) is 1. The summed E-state index contributed by atoms with van der Waals surface area (Å²) in [6, 6.07) is 5.11. The van der Waals surface area contributed by atoms with Crippen LogP contribution in [0.25, 0.3) is 10.9 Å². The standard InChI is InChI=1S/C22H30ClN3O3S/c1-4-29-13-5-10-26-21(28)18-7-6-17(23)14-19(18)24-22(26)30-16(3)20(27)25-11-8-15(2)9-12-25/h6-7,14-16H,4-5,8-13H2,1-3H3. The van der Waals surface area contributed by atoms with E-state index in [2.05, 4.69) is 6.92 Å². The van der Waals surface area contributed by atoms with Crippen LogP contribution in [0.2, 0.25) is 5.02 Å². The van der Waals surface area contributed by atoms with E-state index in [4.69, 9.17) is 21.3 Å². The number of amides is 1. The van der Waals surface area contributed by atoms with Crippen molar-refractivity contribution in [2.75, 3.05) is 26.3 Å². The molecule has 1 aliphatic rings. The van der Waals surface area contributed by atoms with Gasteiger partial charge in [-0.25, -0.2) is 4.98 Å². The first kappa shape index (κ1) is 23.1. The van der Waals surface area contributed by atoms with Crippen LogP contribution in [0.15, 0.2) is 28.2 Å². The zero-order valence-corrected chi connectivity index (χ0v) is 19.5. The van der Waals surface area contributed by atoms with Gasteiger partial charge in [0.1, 0.15) is 0 Å². The second kappa shape index (κ2) is 10.6. The maximum atomic E-state index is 13.1. The third-order valence-corrected chi connectivity index (χ3v) is 6.79. The van der Waals surface area contributed by atoms with Crippen LogP contribution >= 0.6 is 23.4 Å². The fourth-order valence-electron chi connectivity index (χ4n) is 3.62. The zero-order chi connectivity index (χ0) is 21.7. The van der Waals surface area contributed by atoms with Crippen LogP contribution in [0, 0.1) is 5.92 Å². The van der Waals surface area contributed by atoms with Gasteiger partial charge in [0.2, 0.25) is 5.91 Å². The Kier molecular flexibility index (Phi) is 8.20. The summed E-state index contributed by atoms with van der Waals surface area (Å²) in [7, 11) is 0. The number of nitrogens with zero attached hydrogens (tertiary/aromatic N) is 3. The van der Waals surface area contributed by atoms with Crippen LogP contribution in [0.3, 0.4) is 0 Å². The number of likely N-dealkylation sites (tertiary alicyclic amines) is 1. The predicted molar refractivity (Wildman–Crippen MR) is 122 cm³/mol. The van der Waals surface area contributed by atoms with Gasteiger partial charge in [-0.3, -0.25) is 14.2 Å². The lowest BCUT2D eigenvalue weighted by atomic mass is 9.99. The van der Waals surface area contributed by atoms with Crippen molar-refractivity contribution in [3.8, 4) is 0 Å². The molecule has 0 bridgehead atoms. The van der Waals surface area contributed by atoms with Crippen molar-refractivity contribution >= 4 is 40.2 Å². The minimum Gasteiger partial charge on any atom is -0.382 e. The van der Waals surface area contributed by atoms with E-state index < -0.39 is 0 Å². The lowest BCUT2D eigenvalue weighted by Gasteiger charge is -2.32. The van der Waals surface area contributed by atoms with Crippen molar-refractivity contribution in [2.45, 2.75) is 57.0 Å². The summed E-state index contributed by atoms with van der Waals surface area (Å²) in [5.74, 6) is 0.771. The summed E-state index contributed by atoms with van der Waals surface area (Å²) in [5, 5.41) is 1.30. The number of carbonyl (C=O) groups is 1. The molecule has 0 spiro atoms. The van der Waals surface area contributed by atoms with Gasteiger partial charge < -0.3 is 9.64 Å². The second-order valence-corrected chi connectivity index (χ2v) is 9.58. The van der Waals surface area contributed by atoms with Crippen LogP contribution in [0.1, 0.15) is 40.0 Å². The van der Waals surface area contributed by atoms with E-state index in [-0.39, 0.29) is 16.7 Å². The van der Waals surface area contributed by atoms with Gasteiger partial charge in [0.15, 0.2) is 5.16 Å². The molecule has 0 radical (unpaired) electrons. The minimum absolute atomic E-state index is 0.105. The molecule has 6 nitrogen and oxygen atoms in total. The van der Waals surface area contributed by atoms with E-state index in [1.165, 1.54) is 11.8 Å². The molecule has 1 atom stereocenters. The Bertz CT molecular complexity index is 941. The van der Waals surface area contributed by atoms with Crippen LogP contribution in [-0.4, -0.2) is 51.9 Å². The summed E-state index contributed by atoms with van der Waals surface area (Å²) in [6.45, 7) is 9.38. The van der Waals surface area contributed by atoms with Crippen molar-refractivity contribution in [2.24, 2.45) is 5.92 Å². The van der Waals surface area contributed by atoms with Crippen molar-refractivity contribution in [3.63, 3.8) is 0 Å².